The number of benzene rings is 1. The van der Waals surface area contributed by atoms with Crippen LogP contribution in [0.4, 0.5) is 5.69 Å². The molecule has 1 heterocycles. The number of likely N-dealkylation sites (tertiary alicyclic amines) is 1. The summed E-state index contributed by atoms with van der Waals surface area (Å²) in [6, 6.07) is 7.36. The van der Waals surface area contributed by atoms with Crippen LogP contribution in [0.5, 0.6) is 0 Å². The van der Waals surface area contributed by atoms with E-state index in [9.17, 15) is 14.4 Å². The molecule has 6 nitrogen and oxygen atoms in total. The van der Waals surface area contributed by atoms with Crippen LogP contribution in [0.1, 0.15) is 25.7 Å². The number of hydrogen-bond acceptors (Lipinski definition) is 3. The van der Waals surface area contributed by atoms with E-state index < -0.39 is 0 Å². The summed E-state index contributed by atoms with van der Waals surface area (Å²) < 4.78 is 0.801. The Kier molecular flexibility index (Phi) is 5.96. The maximum absolute atomic E-state index is 12.6. The van der Waals surface area contributed by atoms with Gasteiger partial charge in [-0.15, -0.1) is 0 Å². The van der Waals surface area contributed by atoms with Crippen LogP contribution < -0.4 is 5.32 Å². The van der Waals surface area contributed by atoms with Gasteiger partial charge in [-0.2, -0.15) is 0 Å². The Morgan fingerprint density at radius 3 is 2.38 bits per heavy atom. The van der Waals surface area contributed by atoms with Crippen molar-refractivity contribution in [3.05, 3.63) is 28.7 Å². The van der Waals surface area contributed by atoms with Gasteiger partial charge in [0.2, 0.25) is 17.7 Å². The first kappa shape index (κ1) is 18.9. The van der Waals surface area contributed by atoms with Crippen molar-refractivity contribution in [1.29, 1.82) is 0 Å². The topological polar surface area (TPSA) is 69.7 Å². The van der Waals surface area contributed by atoms with Crippen molar-refractivity contribution < 1.29 is 14.4 Å². The molecule has 1 saturated heterocycles. The van der Waals surface area contributed by atoms with Gasteiger partial charge in [-0.05, 0) is 53.7 Å². The second-order valence-electron chi connectivity index (χ2n) is 7.10. The standard InChI is InChI=1S/C19H24BrN3O3/c1-22(12-17(24)21-16-5-3-2-4-15(16)20)18(25)14-8-10-23(11-9-14)19(26)13-6-7-13/h2-5,13-14H,6-12H2,1H3,(H,21,24). The summed E-state index contributed by atoms with van der Waals surface area (Å²) in [4.78, 5) is 40.3. The van der Waals surface area contributed by atoms with Gasteiger partial charge in [0.05, 0.1) is 12.2 Å². The zero-order chi connectivity index (χ0) is 18.7. The van der Waals surface area contributed by atoms with Crippen LogP contribution in [0.15, 0.2) is 28.7 Å². The number of nitrogens with zero attached hydrogens (tertiary/aromatic N) is 2. The Hall–Kier alpha value is -1.89. The van der Waals surface area contributed by atoms with E-state index >= 15 is 0 Å². The van der Waals surface area contributed by atoms with E-state index in [2.05, 4.69) is 21.2 Å². The molecule has 26 heavy (non-hydrogen) atoms. The van der Waals surface area contributed by atoms with E-state index in [0.717, 1.165) is 17.3 Å². The number of likely N-dealkylation sites (N-methyl/N-ethyl adjacent to an activating group) is 1. The van der Waals surface area contributed by atoms with Crippen LogP contribution in [-0.4, -0.2) is 54.2 Å². The zero-order valence-corrected chi connectivity index (χ0v) is 16.5. The normalized spacial score (nSPS) is 17.7. The molecule has 1 saturated carbocycles. The predicted octanol–water partition coefficient (Wildman–Crippen LogP) is 2.49. The van der Waals surface area contributed by atoms with Gasteiger partial charge >= 0.3 is 0 Å². The third kappa shape index (κ3) is 4.63. The van der Waals surface area contributed by atoms with E-state index in [1.807, 2.05) is 23.1 Å². The number of rotatable bonds is 5. The number of para-hydroxylation sites is 1. The van der Waals surface area contributed by atoms with E-state index in [1.54, 1.807) is 13.1 Å². The summed E-state index contributed by atoms with van der Waals surface area (Å²) >= 11 is 3.39. The molecule has 140 valence electrons. The molecular weight excluding hydrogens is 398 g/mol. The lowest BCUT2D eigenvalue weighted by molar-refractivity contribution is -0.141. The van der Waals surface area contributed by atoms with Gasteiger partial charge in [0, 0.05) is 36.4 Å². The summed E-state index contributed by atoms with van der Waals surface area (Å²) in [5.74, 6) is 0.113. The molecule has 0 unspecified atom stereocenters. The van der Waals surface area contributed by atoms with Gasteiger partial charge < -0.3 is 15.1 Å². The second kappa shape index (κ2) is 8.20. The summed E-state index contributed by atoms with van der Waals surface area (Å²) in [6.07, 6.45) is 3.36. The molecule has 1 N–H and O–H groups in total. The molecule has 7 heteroatoms. The van der Waals surface area contributed by atoms with Crippen LogP contribution >= 0.6 is 15.9 Å². The van der Waals surface area contributed by atoms with Crippen LogP contribution in [0.3, 0.4) is 0 Å². The lowest BCUT2D eigenvalue weighted by atomic mass is 9.95. The fraction of sp³-hybridized carbons (Fsp3) is 0.526. The monoisotopic (exact) mass is 421 g/mol. The van der Waals surface area contributed by atoms with Gasteiger partial charge in [-0.25, -0.2) is 0 Å². The highest BCUT2D eigenvalue weighted by molar-refractivity contribution is 9.10. The molecule has 1 aliphatic carbocycles. The molecule has 3 amide bonds. The smallest absolute Gasteiger partial charge is 0.244 e. The lowest BCUT2D eigenvalue weighted by Crippen LogP contribution is -2.45. The number of hydrogen-bond donors (Lipinski definition) is 1. The number of amides is 3. The molecular formula is C19H24BrN3O3. The second-order valence-corrected chi connectivity index (χ2v) is 7.95. The molecule has 0 atom stereocenters. The van der Waals surface area contributed by atoms with Crippen LogP contribution in [0.2, 0.25) is 0 Å². The lowest BCUT2D eigenvalue weighted by Gasteiger charge is -2.33. The molecule has 1 aromatic rings. The Morgan fingerprint density at radius 2 is 1.77 bits per heavy atom. The van der Waals surface area contributed by atoms with Crippen LogP contribution in [-0.2, 0) is 14.4 Å². The highest BCUT2D eigenvalue weighted by Crippen LogP contribution is 2.32. The predicted molar refractivity (Wildman–Crippen MR) is 102 cm³/mol. The van der Waals surface area contributed by atoms with E-state index in [4.69, 9.17) is 0 Å². The molecule has 0 radical (unpaired) electrons. The quantitative estimate of drug-likeness (QED) is 0.793. The number of nitrogens with one attached hydrogen (secondary N) is 1. The molecule has 1 aromatic carbocycles. The SMILES string of the molecule is CN(CC(=O)Nc1ccccc1Br)C(=O)C1CCN(C(=O)C2CC2)CC1. The molecule has 0 bridgehead atoms. The largest absolute Gasteiger partial charge is 0.342 e. The number of carbonyl (C=O) groups is 3. The van der Waals surface area contributed by atoms with Gasteiger partial charge in [0.15, 0.2) is 0 Å². The first-order chi connectivity index (χ1) is 12.5. The molecule has 1 aliphatic heterocycles. The number of anilines is 1. The Labute approximate surface area is 162 Å². The first-order valence-electron chi connectivity index (χ1n) is 9.04. The van der Waals surface area contributed by atoms with Crippen molar-refractivity contribution in [3.63, 3.8) is 0 Å². The fourth-order valence-electron chi connectivity index (χ4n) is 3.29. The summed E-state index contributed by atoms with van der Waals surface area (Å²) in [5, 5.41) is 2.81. The van der Waals surface area contributed by atoms with Crippen molar-refractivity contribution in [1.82, 2.24) is 9.80 Å². The maximum atomic E-state index is 12.6. The zero-order valence-electron chi connectivity index (χ0n) is 14.9. The van der Waals surface area contributed by atoms with Crippen LogP contribution in [0.25, 0.3) is 0 Å². The van der Waals surface area contributed by atoms with E-state index in [1.165, 1.54) is 4.90 Å². The average Bonchev–Trinajstić information content (AvgIpc) is 3.47. The molecule has 2 fully saturated rings. The van der Waals surface area contributed by atoms with Crippen molar-refractivity contribution >= 4 is 39.3 Å². The number of halogens is 1. The van der Waals surface area contributed by atoms with Gasteiger partial charge in [-0.1, -0.05) is 12.1 Å². The van der Waals surface area contributed by atoms with Crippen molar-refractivity contribution in [2.24, 2.45) is 11.8 Å². The molecule has 0 spiro atoms. The van der Waals surface area contributed by atoms with E-state index in [-0.39, 0.29) is 36.1 Å². The fourth-order valence-corrected chi connectivity index (χ4v) is 3.68. The number of carbonyl (C=O) groups excluding carboxylic acids is 3. The minimum atomic E-state index is -0.228. The van der Waals surface area contributed by atoms with Gasteiger partial charge in [0.25, 0.3) is 0 Å². The van der Waals surface area contributed by atoms with E-state index in [0.29, 0.717) is 31.6 Å². The Bertz CT molecular complexity index is 697. The summed E-state index contributed by atoms with van der Waals surface area (Å²) in [6.45, 7) is 1.30. The van der Waals surface area contributed by atoms with Gasteiger partial charge in [0.1, 0.15) is 0 Å². The molecule has 2 aliphatic rings. The molecule has 3 rings (SSSR count). The average molecular weight is 422 g/mol. The maximum Gasteiger partial charge on any atom is 0.244 e. The van der Waals surface area contributed by atoms with Crippen molar-refractivity contribution in [2.45, 2.75) is 25.7 Å². The van der Waals surface area contributed by atoms with Crippen LogP contribution in [0, 0.1) is 11.8 Å². The third-order valence-corrected chi connectivity index (χ3v) is 5.68. The first-order valence-corrected chi connectivity index (χ1v) is 9.83. The van der Waals surface area contributed by atoms with Gasteiger partial charge in [-0.3, -0.25) is 14.4 Å². The third-order valence-electron chi connectivity index (χ3n) is 4.99. The number of piperidine rings is 1. The minimum absolute atomic E-state index is 0.0153. The minimum Gasteiger partial charge on any atom is -0.342 e. The van der Waals surface area contributed by atoms with Crippen molar-refractivity contribution in [3.8, 4) is 0 Å². The summed E-state index contributed by atoms with van der Waals surface area (Å²) in [5.41, 5.74) is 0.685. The molecule has 0 aromatic heterocycles. The highest BCUT2D eigenvalue weighted by Gasteiger charge is 2.36. The Balaban J connectivity index is 1.46. The summed E-state index contributed by atoms with van der Waals surface area (Å²) in [7, 11) is 1.66. The Morgan fingerprint density at radius 1 is 1.12 bits per heavy atom. The highest BCUT2D eigenvalue weighted by atomic mass is 79.9. The van der Waals surface area contributed by atoms with Crippen molar-refractivity contribution in [2.75, 3.05) is 32.0 Å².